The molecule has 3 heterocycles. The number of piperidine rings is 1. The molecule has 2 unspecified atom stereocenters. The second-order valence-electron chi connectivity index (χ2n) is 10.0. The van der Waals surface area contributed by atoms with Gasteiger partial charge in [-0.3, -0.25) is 4.79 Å². The second-order valence-corrected chi connectivity index (χ2v) is 10.5. The Bertz CT molecular complexity index is 1070. The van der Waals surface area contributed by atoms with Crippen LogP contribution in [0.25, 0.3) is 0 Å². The minimum atomic E-state index is -4.41. The molecular formula is C27H32ClF3N4O. The summed E-state index contributed by atoms with van der Waals surface area (Å²) in [5.74, 6) is -0.513. The van der Waals surface area contributed by atoms with E-state index in [0.717, 1.165) is 37.1 Å². The van der Waals surface area contributed by atoms with Crippen molar-refractivity contribution in [2.75, 3.05) is 55.6 Å². The fourth-order valence-corrected chi connectivity index (χ4v) is 5.96. The number of hydrogen-bond donors (Lipinski definition) is 1. The Hall–Kier alpha value is -2.45. The van der Waals surface area contributed by atoms with E-state index >= 15 is 0 Å². The van der Waals surface area contributed by atoms with Crippen LogP contribution in [0.3, 0.4) is 0 Å². The van der Waals surface area contributed by atoms with Gasteiger partial charge in [0.2, 0.25) is 5.91 Å². The third-order valence-electron chi connectivity index (χ3n) is 7.74. The molecule has 0 bridgehead atoms. The maximum absolute atomic E-state index is 13.5. The largest absolute Gasteiger partial charge is 0.416 e. The van der Waals surface area contributed by atoms with Gasteiger partial charge in [0, 0.05) is 49.1 Å². The number of halogens is 4. The van der Waals surface area contributed by atoms with Crippen molar-refractivity contribution in [2.24, 2.45) is 5.92 Å². The molecule has 0 aliphatic carbocycles. The molecule has 0 radical (unpaired) electrons. The average molecular weight is 521 g/mol. The van der Waals surface area contributed by atoms with Gasteiger partial charge >= 0.3 is 6.18 Å². The highest BCUT2D eigenvalue weighted by molar-refractivity contribution is 6.30. The fraction of sp³-hybridized carbons (Fsp3) is 0.519. The molecule has 1 amide bonds. The van der Waals surface area contributed by atoms with Crippen LogP contribution in [-0.2, 0) is 17.4 Å². The molecule has 36 heavy (non-hydrogen) atoms. The van der Waals surface area contributed by atoms with Crippen molar-refractivity contribution in [3.8, 4) is 0 Å². The number of benzene rings is 2. The number of carbonyl (C=O) groups excluding carboxylic acids is 1. The van der Waals surface area contributed by atoms with Gasteiger partial charge in [-0.05, 0) is 80.4 Å². The summed E-state index contributed by atoms with van der Waals surface area (Å²) >= 11 is 6.07. The third kappa shape index (κ3) is 5.44. The van der Waals surface area contributed by atoms with Crippen molar-refractivity contribution in [2.45, 2.75) is 37.9 Å². The van der Waals surface area contributed by atoms with Crippen LogP contribution in [0.4, 0.5) is 24.5 Å². The summed E-state index contributed by atoms with van der Waals surface area (Å²) in [6, 6.07) is 11.5. The van der Waals surface area contributed by atoms with Gasteiger partial charge in [-0.2, -0.15) is 13.2 Å². The molecule has 2 aromatic carbocycles. The van der Waals surface area contributed by atoms with Crippen molar-refractivity contribution in [3.05, 3.63) is 58.6 Å². The van der Waals surface area contributed by atoms with Crippen LogP contribution < -0.4 is 15.1 Å². The molecule has 2 saturated heterocycles. The number of anilines is 2. The molecule has 5 rings (SSSR count). The SMILES string of the molecule is O=C(NCCN1CCCCC1)C1Cc2cc(C(F)(F)F)ccc2N2CCN(c3ccc(Cl)cc3)CC12. The Balaban J connectivity index is 1.37. The molecule has 0 spiro atoms. The zero-order chi connectivity index (χ0) is 25.3. The highest BCUT2D eigenvalue weighted by Gasteiger charge is 2.42. The fourth-order valence-electron chi connectivity index (χ4n) is 5.84. The summed E-state index contributed by atoms with van der Waals surface area (Å²) in [4.78, 5) is 20.2. The van der Waals surface area contributed by atoms with Crippen LogP contribution in [-0.4, -0.2) is 62.7 Å². The molecule has 3 aliphatic heterocycles. The summed E-state index contributed by atoms with van der Waals surface area (Å²) in [6.45, 7) is 5.42. The number of rotatable bonds is 5. The van der Waals surface area contributed by atoms with Gasteiger partial charge in [0.1, 0.15) is 0 Å². The highest BCUT2D eigenvalue weighted by atomic mass is 35.5. The average Bonchev–Trinajstić information content (AvgIpc) is 2.88. The standard InChI is InChI=1S/C27H32ClF3N4O/c28-21-5-7-22(8-6-21)34-14-15-35-24-9-4-20(27(29,30)31)16-19(24)17-23(25(35)18-34)26(36)32-10-13-33-11-2-1-3-12-33/h4-9,16,23,25H,1-3,10-15,17-18H2,(H,32,36). The van der Waals surface area contributed by atoms with E-state index in [0.29, 0.717) is 43.2 Å². The topological polar surface area (TPSA) is 38.8 Å². The summed E-state index contributed by atoms with van der Waals surface area (Å²) < 4.78 is 40.3. The zero-order valence-electron chi connectivity index (χ0n) is 20.2. The first-order valence-corrected chi connectivity index (χ1v) is 13.1. The summed E-state index contributed by atoms with van der Waals surface area (Å²) in [5, 5.41) is 3.77. The normalized spacial score (nSPS) is 22.7. The number of nitrogens with one attached hydrogen (secondary N) is 1. The van der Waals surface area contributed by atoms with E-state index in [9.17, 15) is 18.0 Å². The van der Waals surface area contributed by atoms with E-state index in [1.54, 1.807) is 6.07 Å². The quantitative estimate of drug-likeness (QED) is 0.613. The van der Waals surface area contributed by atoms with Gasteiger partial charge in [0.15, 0.2) is 0 Å². The Kier molecular flexibility index (Phi) is 7.35. The van der Waals surface area contributed by atoms with Crippen LogP contribution in [0.15, 0.2) is 42.5 Å². The van der Waals surface area contributed by atoms with Crippen molar-refractivity contribution in [1.29, 1.82) is 0 Å². The minimum Gasteiger partial charge on any atom is -0.368 e. The molecule has 194 valence electrons. The second kappa shape index (κ2) is 10.5. The molecule has 0 aromatic heterocycles. The van der Waals surface area contributed by atoms with Crippen molar-refractivity contribution in [3.63, 3.8) is 0 Å². The molecule has 1 N–H and O–H groups in total. The lowest BCUT2D eigenvalue weighted by Crippen LogP contribution is -2.61. The molecule has 2 atom stereocenters. The van der Waals surface area contributed by atoms with Crippen molar-refractivity contribution < 1.29 is 18.0 Å². The lowest BCUT2D eigenvalue weighted by molar-refractivity contribution is -0.137. The first kappa shape index (κ1) is 25.2. The van der Waals surface area contributed by atoms with Crippen LogP contribution >= 0.6 is 11.6 Å². The van der Waals surface area contributed by atoms with Gasteiger partial charge in [-0.1, -0.05) is 18.0 Å². The van der Waals surface area contributed by atoms with Gasteiger partial charge in [0.25, 0.3) is 0 Å². The van der Waals surface area contributed by atoms with Crippen molar-refractivity contribution >= 4 is 28.9 Å². The third-order valence-corrected chi connectivity index (χ3v) is 8.00. The highest BCUT2D eigenvalue weighted by Crippen LogP contribution is 2.40. The zero-order valence-corrected chi connectivity index (χ0v) is 21.0. The first-order chi connectivity index (χ1) is 17.3. The van der Waals surface area contributed by atoms with Gasteiger partial charge in [-0.15, -0.1) is 0 Å². The Morgan fingerprint density at radius 1 is 1.00 bits per heavy atom. The van der Waals surface area contributed by atoms with Crippen molar-refractivity contribution in [1.82, 2.24) is 10.2 Å². The molecule has 9 heteroatoms. The predicted molar refractivity (Wildman–Crippen MR) is 137 cm³/mol. The van der Waals surface area contributed by atoms with E-state index in [4.69, 9.17) is 11.6 Å². The van der Waals surface area contributed by atoms with E-state index in [1.165, 1.54) is 25.3 Å². The molecule has 3 aliphatic rings. The van der Waals surface area contributed by atoms with Crippen LogP contribution in [0.5, 0.6) is 0 Å². The number of piperazine rings is 1. The van der Waals surface area contributed by atoms with E-state index in [2.05, 4.69) is 20.0 Å². The number of carbonyl (C=O) groups is 1. The number of nitrogens with zero attached hydrogens (tertiary/aromatic N) is 3. The first-order valence-electron chi connectivity index (χ1n) is 12.8. The summed E-state index contributed by atoms with van der Waals surface area (Å²) in [7, 11) is 0. The lowest BCUT2D eigenvalue weighted by Gasteiger charge is -2.49. The smallest absolute Gasteiger partial charge is 0.368 e. The maximum Gasteiger partial charge on any atom is 0.416 e. The molecule has 5 nitrogen and oxygen atoms in total. The van der Waals surface area contributed by atoms with Crippen LogP contribution in [0.1, 0.15) is 30.4 Å². The van der Waals surface area contributed by atoms with Gasteiger partial charge < -0.3 is 20.0 Å². The molecule has 2 aromatic rings. The molecule has 0 saturated carbocycles. The Morgan fingerprint density at radius 3 is 2.47 bits per heavy atom. The van der Waals surface area contributed by atoms with E-state index in [1.807, 2.05) is 24.3 Å². The molecule has 2 fully saturated rings. The van der Waals surface area contributed by atoms with E-state index in [-0.39, 0.29) is 11.9 Å². The number of fused-ring (bicyclic) bond motifs is 3. The monoisotopic (exact) mass is 520 g/mol. The number of likely N-dealkylation sites (tertiary alicyclic amines) is 1. The maximum atomic E-state index is 13.5. The van der Waals surface area contributed by atoms with Gasteiger partial charge in [0.05, 0.1) is 17.5 Å². The lowest BCUT2D eigenvalue weighted by atomic mass is 9.82. The predicted octanol–water partition coefficient (Wildman–Crippen LogP) is 4.83. The number of alkyl halides is 3. The number of amides is 1. The van der Waals surface area contributed by atoms with Crippen LogP contribution in [0, 0.1) is 5.92 Å². The molecular weight excluding hydrogens is 489 g/mol. The Morgan fingerprint density at radius 2 is 1.75 bits per heavy atom. The van der Waals surface area contributed by atoms with E-state index < -0.39 is 17.7 Å². The summed E-state index contributed by atoms with van der Waals surface area (Å²) in [6.07, 6.45) is -0.486. The van der Waals surface area contributed by atoms with Gasteiger partial charge in [-0.25, -0.2) is 0 Å². The Labute approximate surface area is 215 Å². The van der Waals surface area contributed by atoms with Crippen LogP contribution in [0.2, 0.25) is 5.02 Å². The summed E-state index contributed by atoms with van der Waals surface area (Å²) in [5.41, 5.74) is 1.77. The number of hydrogen-bond acceptors (Lipinski definition) is 4. The minimum absolute atomic E-state index is 0.0805.